The number of ether oxygens (including phenoxy) is 3. The summed E-state index contributed by atoms with van der Waals surface area (Å²) in [6, 6.07) is 0. The van der Waals surface area contributed by atoms with Gasteiger partial charge in [-0.3, -0.25) is 14.4 Å². The molecule has 0 aromatic heterocycles. The molecule has 0 aromatic carbocycles. The highest BCUT2D eigenvalue weighted by molar-refractivity contribution is 5.71. The van der Waals surface area contributed by atoms with Gasteiger partial charge in [0.1, 0.15) is 13.2 Å². The summed E-state index contributed by atoms with van der Waals surface area (Å²) < 4.78 is 16.8. The van der Waals surface area contributed by atoms with Gasteiger partial charge in [-0.15, -0.1) is 0 Å². The molecule has 0 spiro atoms. The molecule has 6 nitrogen and oxygen atoms in total. The Morgan fingerprint density at radius 1 is 0.273 bits per heavy atom. The van der Waals surface area contributed by atoms with Gasteiger partial charge in [-0.1, -0.05) is 283 Å². The second kappa shape index (κ2) is 64.1. The lowest BCUT2D eigenvalue weighted by Crippen LogP contribution is -2.30. The molecule has 6 heteroatoms. The van der Waals surface area contributed by atoms with E-state index in [0.717, 1.165) is 128 Å². The summed E-state index contributed by atoms with van der Waals surface area (Å²) in [5.41, 5.74) is 0. The van der Waals surface area contributed by atoms with Gasteiger partial charge in [-0.05, 0) is 109 Å². The molecular formula is C71H116O6. The Hall–Kier alpha value is -4.45. The number of rotatable bonds is 56. The van der Waals surface area contributed by atoms with Gasteiger partial charge in [0.25, 0.3) is 0 Å². The standard InChI is InChI=1S/C71H116O6/c1-4-7-10-13-16-19-22-25-28-30-31-32-33-34-35-36-37-38-39-40-41-42-44-46-49-52-55-58-61-64-70(73)76-67-68(66-75-69(72)63-60-57-54-51-48-45-27-24-21-18-15-12-9-6-3)77-71(74)65-62-59-56-53-50-47-43-29-26-23-20-17-14-11-8-5-2/h7,10,15-16,18-19,24-25,27-28,31-32,34-35,37-38,40-41,44,46,52,55,68H,4-6,8-9,11-14,17,20-23,26,29-30,33,36,39,42-43,45,47-51,53-54,56-67H2,1-3H3/b10-7-,18-15-,19-16-,27-24-,28-25-,32-31-,35-34-,38-37-,41-40-,46-44-,55-52-. The lowest BCUT2D eigenvalue weighted by molar-refractivity contribution is -0.167. The fourth-order valence-corrected chi connectivity index (χ4v) is 8.40. The predicted octanol–water partition coefficient (Wildman–Crippen LogP) is 21.8. The maximum absolute atomic E-state index is 12.9. The second-order valence-corrected chi connectivity index (χ2v) is 20.6. The van der Waals surface area contributed by atoms with Gasteiger partial charge in [-0.25, -0.2) is 0 Å². The van der Waals surface area contributed by atoms with E-state index in [1.807, 2.05) is 0 Å². The number of carbonyl (C=O) groups excluding carboxylic acids is 3. The summed E-state index contributed by atoms with van der Waals surface area (Å²) in [6.45, 7) is 6.44. The smallest absolute Gasteiger partial charge is 0.306 e. The van der Waals surface area contributed by atoms with Crippen LogP contribution >= 0.6 is 0 Å². The first-order valence-corrected chi connectivity index (χ1v) is 31.7. The van der Waals surface area contributed by atoms with E-state index in [1.54, 1.807) is 0 Å². The number of hydrogen-bond donors (Lipinski definition) is 0. The molecule has 0 bridgehead atoms. The Labute approximate surface area is 475 Å². The molecule has 0 aliphatic rings. The number of allylic oxidation sites excluding steroid dienone is 22. The van der Waals surface area contributed by atoms with Gasteiger partial charge in [0.15, 0.2) is 6.10 Å². The van der Waals surface area contributed by atoms with Crippen LogP contribution in [0.5, 0.6) is 0 Å². The van der Waals surface area contributed by atoms with E-state index < -0.39 is 6.10 Å². The molecule has 0 N–H and O–H groups in total. The van der Waals surface area contributed by atoms with Crippen LogP contribution in [0.2, 0.25) is 0 Å². The molecule has 0 amide bonds. The number of hydrogen-bond acceptors (Lipinski definition) is 6. The van der Waals surface area contributed by atoms with Crippen LogP contribution in [0.4, 0.5) is 0 Å². The maximum Gasteiger partial charge on any atom is 0.306 e. The molecule has 77 heavy (non-hydrogen) atoms. The molecule has 0 radical (unpaired) electrons. The lowest BCUT2D eigenvalue weighted by atomic mass is 10.0. The highest BCUT2D eigenvalue weighted by Gasteiger charge is 2.19. The molecule has 0 aliphatic carbocycles. The maximum atomic E-state index is 12.9. The molecular weight excluding hydrogens is 949 g/mol. The van der Waals surface area contributed by atoms with Crippen molar-refractivity contribution >= 4 is 17.9 Å². The van der Waals surface area contributed by atoms with Crippen molar-refractivity contribution in [2.24, 2.45) is 0 Å². The number of carbonyl (C=O) groups is 3. The van der Waals surface area contributed by atoms with Crippen molar-refractivity contribution in [2.75, 3.05) is 13.2 Å². The largest absolute Gasteiger partial charge is 0.462 e. The summed E-state index contributed by atoms with van der Waals surface area (Å²) in [4.78, 5) is 38.2. The lowest BCUT2D eigenvalue weighted by Gasteiger charge is -2.18. The van der Waals surface area contributed by atoms with Gasteiger partial charge in [0.05, 0.1) is 0 Å². The van der Waals surface area contributed by atoms with Crippen molar-refractivity contribution in [2.45, 2.75) is 284 Å². The highest BCUT2D eigenvalue weighted by atomic mass is 16.6. The summed E-state index contributed by atoms with van der Waals surface area (Å²) >= 11 is 0. The first-order valence-electron chi connectivity index (χ1n) is 31.7. The number of unbranched alkanes of at least 4 members (excludes halogenated alkanes) is 23. The highest BCUT2D eigenvalue weighted by Crippen LogP contribution is 2.15. The van der Waals surface area contributed by atoms with E-state index in [9.17, 15) is 14.4 Å². The Balaban J connectivity index is 4.45. The summed E-state index contributed by atoms with van der Waals surface area (Å²) in [6.07, 6.45) is 90.3. The molecule has 0 saturated carbocycles. The summed E-state index contributed by atoms with van der Waals surface area (Å²) in [7, 11) is 0. The van der Waals surface area contributed by atoms with E-state index in [1.165, 1.54) is 103 Å². The van der Waals surface area contributed by atoms with E-state index >= 15 is 0 Å². The van der Waals surface area contributed by atoms with Crippen molar-refractivity contribution in [3.8, 4) is 0 Å². The average Bonchev–Trinajstić information content (AvgIpc) is 3.43. The minimum atomic E-state index is -0.811. The van der Waals surface area contributed by atoms with Crippen molar-refractivity contribution in [1.82, 2.24) is 0 Å². The van der Waals surface area contributed by atoms with Crippen LogP contribution in [0, 0.1) is 0 Å². The van der Waals surface area contributed by atoms with Crippen molar-refractivity contribution in [3.63, 3.8) is 0 Å². The molecule has 0 aliphatic heterocycles. The van der Waals surface area contributed by atoms with Crippen LogP contribution in [0.1, 0.15) is 278 Å². The molecule has 1 atom stereocenters. The Bertz CT molecular complexity index is 1650. The van der Waals surface area contributed by atoms with E-state index in [2.05, 4.69) is 154 Å². The first kappa shape index (κ1) is 72.5. The average molecular weight is 1070 g/mol. The Kier molecular flexibility index (Phi) is 60.4. The van der Waals surface area contributed by atoms with Crippen LogP contribution in [-0.2, 0) is 28.6 Å². The molecule has 1 unspecified atom stereocenters. The Morgan fingerprint density at radius 3 is 0.883 bits per heavy atom. The van der Waals surface area contributed by atoms with Gasteiger partial charge in [-0.2, -0.15) is 0 Å². The van der Waals surface area contributed by atoms with E-state index in [0.29, 0.717) is 19.3 Å². The van der Waals surface area contributed by atoms with Crippen LogP contribution in [0.3, 0.4) is 0 Å². The van der Waals surface area contributed by atoms with Crippen LogP contribution in [-0.4, -0.2) is 37.2 Å². The Morgan fingerprint density at radius 2 is 0.532 bits per heavy atom. The zero-order valence-corrected chi connectivity index (χ0v) is 49.9. The quantitative estimate of drug-likeness (QED) is 0.0261. The van der Waals surface area contributed by atoms with Gasteiger partial charge >= 0.3 is 17.9 Å². The second-order valence-electron chi connectivity index (χ2n) is 20.6. The third kappa shape index (κ3) is 62.3. The number of esters is 3. The van der Waals surface area contributed by atoms with Gasteiger partial charge in [0, 0.05) is 19.3 Å². The van der Waals surface area contributed by atoms with E-state index in [-0.39, 0.29) is 37.5 Å². The molecule has 0 saturated heterocycles. The van der Waals surface area contributed by atoms with Crippen molar-refractivity contribution < 1.29 is 28.6 Å². The van der Waals surface area contributed by atoms with Crippen LogP contribution in [0.15, 0.2) is 134 Å². The van der Waals surface area contributed by atoms with E-state index in [4.69, 9.17) is 14.2 Å². The zero-order chi connectivity index (χ0) is 55.7. The SMILES string of the molecule is CC/C=C\C/C=C\C/C=C\C/C=C\C/C=C\C/C=C\C/C=C\C/C=C\C/C=C\CCCC(=O)OCC(COC(=O)CCCCCCC/C=C\C/C=C\CCCC)OC(=O)CCCCCCCCCCCCCCCCCC. The first-order chi connectivity index (χ1) is 38.0. The fourth-order valence-electron chi connectivity index (χ4n) is 8.40. The third-order valence-electron chi connectivity index (χ3n) is 13.1. The molecule has 436 valence electrons. The fraction of sp³-hybridized carbons (Fsp3) is 0.648. The minimum absolute atomic E-state index is 0.105. The molecule has 0 rings (SSSR count). The molecule has 0 aromatic rings. The summed E-state index contributed by atoms with van der Waals surface area (Å²) in [5, 5.41) is 0. The zero-order valence-electron chi connectivity index (χ0n) is 49.9. The topological polar surface area (TPSA) is 78.9 Å². The van der Waals surface area contributed by atoms with Crippen molar-refractivity contribution in [1.29, 1.82) is 0 Å². The molecule has 0 fully saturated rings. The minimum Gasteiger partial charge on any atom is -0.462 e. The third-order valence-corrected chi connectivity index (χ3v) is 13.1. The molecule has 0 heterocycles. The van der Waals surface area contributed by atoms with Crippen molar-refractivity contribution in [3.05, 3.63) is 134 Å². The monoisotopic (exact) mass is 1060 g/mol. The van der Waals surface area contributed by atoms with Crippen LogP contribution in [0.25, 0.3) is 0 Å². The van der Waals surface area contributed by atoms with Gasteiger partial charge < -0.3 is 14.2 Å². The van der Waals surface area contributed by atoms with Crippen LogP contribution < -0.4 is 0 Å². The normalized spacial score (nSPS) is 13.0. The van der Waals surface area contributed by atoms with Gasteiger partial charge in [0.2, 0.25) is 0 Å². The predicted molar refractivity (Wildman–Crippen MR) is 334 cm³/mol. The summed E-state index contributed by atoms with van der Waals surface area (Å²) in [5.74, 6) is -0.976.